The number of benzene rings is 3. The van der Waals surface area contributed by atoms with Gasteiger partial charge < -0.3 is 9.47 Å². The lowest BCUT2D eigenvalue weighted by molar-refractivity contribution is -0.0748. The molecule has 36 heavy (non-hydrogen) atoms. The Morgan fingerprint density at radius 3 is 2.11 bits per heavy atom. The number of hydrogen-bond donors (Lipinski definition) is 0. The number of carbonyl (C=O) groups excluding carboxylic acids is 2. The van der Waals surface area contributed by atoms with Crippen molar-refractivity contribution in [2.24, 2.45) is 5.92 Å². The number of nitrogens with zero attached hydrogens (tertiary/aromatic N) is 1. The molecule has 0 radical (unpaired) electrons. The van der Waals surface area contributed by atoms with Gasteiger partial charge in [-0.1, -0.05) is 48.5 Å². The van der Waals surface area contributed by atoms with E-state index in [0.29, 0.717) is 12.8 Å². The normalized spacial score (nSPS) is 22.6. The van der Waals surface area contributed by atoms with E-state index in [0.717, 1.165) is 34.4 Å². The third-order valence-corrected chi connectivity index (χ3v) is 7.63. The first-order valence-corrected chi connectivity index (χ1v) is 12.2. The Kier molecular flexibility index (Phi) is 5.80. The monoisotopic (exact) mass is 489 g/mol. The molecule has 0 spiro atoms. The number of morpholine rings is 1. The minimum Gasteiger partial charge on any atom is -0.448 e. The van der Waals surface area contributed by atoms with Crippen molar-refractivity contribution in [2.75, 3.05) is 19.8 Å². The van der Waals surface area contributed by atoms with E-state index in [2.05, 4.69) is 24.3 Å². The molecule has 2 bridgehead atoms. The molecule has 7 heteroatoms. The number of carbonyl (C=O) groups is 2. The van der Waals surface area contributed by atoms with Crippen molar-refractivity contribution < 1.29 is 27.8 Å². The van der Waals surface area contributed by atoms with Gasteiger partial charge in [0, 0.05) is 17.9 Å². The summed E-state index contributed by atoms with van der Waals surface area (Å²) < 4.78 is 39.1. The minimum atomic E-state index is -0.861. The van der Waals surface area contributed by atoms with Gasteiger partial charge in [-0.3, -0.25) is 9.69 Å². The fraction of sp³-hybridized carbons (Fsp3) is 0.310. The van der Waals surface area contributed by atoms with Gasteiger partial charge >= 0.3 is 6.09 Å². The van der Waals surface area contributed by atoms with Crippen LogP contribution in [0.1, 0.15) is 40.2 Å². The van der Waals surface area contributed by atoms with Crippen LogP contribution in [0.5, 0.6) is 0 Å². The maximum absolute atomic E-state index is 14.2. The fourth-order valence-corrected chi connectivity index (χ4v) is 6.01. The average Bonchev–Trinajstić information content (AvgIpc) is 3.20. The van der Waals surface area contributed by atoms with Gasteiger partial charge in [0.15, 0.2) is 5.78 Å². The van der Waals surface area contributed by atoms with E-state index in [1.165, 1.54) is 6.07 Å². The Morgan fingerprint density at radius 1 is 0.889 bits per heavy atom. The summed E-state index contributed by atoms with van der Waals surface area (Å²) in [6, 6.07) is 18.6. The molecule has 2 fully saturated rings. The van der Waals surface area contributed by atoms with Crippen LogP contribution in [0.4, 0.5) is 13.6 Å². The van der Waals surface area contributed by atoms with Crippen molar-refractivity contribution in [1.82, 2.24) is 4.90 Å². The number of amides is 1. The minimum absolute atomic E-state index is 0.0435. The zero-order chi connectivity index (χ0) is 24.8. The molecule has 5 nitrogen and oxygen atoms in total. The van der Waals surface area contributed by atoms with E-state index >= 15 is 0 Å². The number of piperidine rings is 1. The van der Waals surface area contributed by atoms with Crippen molar-refractivity contribution in [3.63, 3.8) is 0 Å². The first kappa shape index (κ1) is 22.9. The predicted molar refractivity (Wildman–Crippen MR) is 129 cm³/mol. The SMILES string of the molecule is O=C(c1ccc(F)cc1F)C1CC2COCC(C1)N2C(=O)OCC1c2ccccc2-c2ccccc21. The maximum Gasteiger partial charge on any atom is 0.410 e. The average molecular weight is 490 g/mol. The molecule has 2 aliphatic heterocycles. The van der Waals surface area contributed by atoms with Crippen molar-refractivity contribution in [3.8, 4) is 11.1 Å². The summed E-state index contributed by atoms with van der Waals surface area (Å²) in [5, 5.41) is 0. The largest absolute Gasteiger partial charge is 0.448 e. The van der Waals surface area contributed by atoms with E-state index in [4.69, 9.17) is 9.47 Å². The van der Waals surface area contributed by atoms with Crippen molar-refractivity contribution >= 4 is 11.9 Å². The van der Waals surface area contributed by atoms with Gasteiger partial charge in [-0.2, -0.15) is 0 Å². The Morgan fingerprint density at radius 2 is 1.50 bits per heavy atom. The molecule has 0 saturated carbocycles. The molecule has 2 saturated heterocycles. The van der Waals surface area contributed by atoms with Crippen LogP contribution < -0.4 is 0 Å². The predicted octanol–water partition coefficient (Wildman–Crippen LogP) is 5.58. The molecule has 1 aliphatic carbocycles. The molecule has 0 aromatic heterocycles. The Balaban J connectivity index is 1.17. The topological polar surface area (TPSA) is 55.8 Å². The highest BCUT2D eigenvalue weighted by Gasteiger charge is 2.45. The third-order valence-electron chi connectivity index (χ3n) is 7.63. The van der Waals surface area contributed by atoms with Crippen LogP contribution in [0.25, 0.3) is 11.1 Å². The maximum atomic E-state index is 14.2. The van der Waals surface area contributed by atoms with Crippen molar-refractivity contribution in [2.45, 2.75) is 30.8 Å². The second-order valence-corrected chi connectivity index (χ2v) is 9.71. The molecular weight excluding hydrogens is 464 g/mol. The fourth-order valence-electron chi connectivity index (χ4n) is 6.01. The van der Waals surface area contributed by atoms with Gasteiger partial charge in [0.05, 0.1) is 30.9 Å². The summed E-state index contributed by atoms with van der Waals surface area (Å²) in [7, 11) is 0. The van der Waals surface area contributed by atoms with E-state index in [1.54, 1.807) is 4.90 Å². The second kappa shape index (κ2) is 9.13. The second-order valence-electron chi connectivity index (χ2n) is 9.71. The summed E-state index contributed by atoms with van der Waals surface area (Å²) in [6.07, 6.45) is 0.265. The van der Waals surface area contributed by atoms with E-state index in [1.807, 2.05) is 24.3 Å². The zero-order valence-corrected chi connectivity index (χ0v) is 19.5. The number of halogens is 2. The lowest BCUT2D eigenvalue weighted by Crippen LogP contribution is -2.60. The van der Waals surface area contributed by atoms with Crippen molar-refractivity contribution in [3.05, 3.63) is 95.1 Å². The quantitative estimate of drug-likeness (QED) is 0.450. The summed E-state index contributed by atoms with van der Waals surface area (Å²) in [4.78, 5) is 28.0. The van der Waals surface area contributed by atoms with Crippen molar-refractivity contribution in [1.29, 1.82) is 0 Å². The number of hydrogen-bond acceptors (Lipinski definition) is 4. The van der Waals surface area contributed by atoms with E-state index in [9.17, 15) is 18.4 Å². The molecule has 0 N–H and O–H groups in total. The molecule has 1 amide bonds. The highest BCUT2D eigenvalue weighted by Crippen LogP contribution is 2.44. The van der Waals surface area contributed by atoms with Crippen LogP contribution in [0.15, 0.2) is 66.7 Å². The van der Waals surface area contributed by atoms with Crippen LogP contribution in [0.3, 0.4) is 0 Å². The molecule has 3 aliphatic rings. The summed E-state index contributed by atoms with van der Waals surface area (Å²) in [5.74, 6) is -2.46. The van der Waals surface area contributed by atoms with Gasteiger partial charge in [0.2, 0.25) is 0 Å². The third kappa shape index (κ3) is 3.88. The molecule has 3 aromatic carbocycles. The number of ether oxygens (including phenoxy) is 2. The molecule has 2 heterocycles. The van der Waals surface area contributed by atoms with Crippen LogP contribution in [-0.2, 0) is 9.47 Å². The highest BCUT2D eigenvalue weighted by atomic mass is 19.1. The number of Topliss-reactive ketones (excluding diaryl/α,β-unsaturated/α-hetero) is 1. The summed E-state index contributed by atoms with van der Waals surface area (Å²) in [6.45, 7) is 0.791. The highest BCUT2D eigenvalue weighted by molar-refractivity contribution is 5.98. The van der Waals surface area contributed by atoms with Gasteiger partial charge in [0.1, 0.15) is 18.2 Å². The Bertz CT molecular complexity index is 1280. The molecule has 2 atom stereocenters. The molecular formula is C29H25F2NO4. The van der Waals surface area contributed by atoms with Crippen LogP contribution >= 0.6 is 0 Å². The van der Waals surface area contributed by atoms with Gasteiger partial charge in [0.25, 0.3) is 0 Å². The van der Waals surface area contributed by atoms with Gasteiger partial charge in [-0.25, -0.2) is 13.6 Å². The van der Waals surface area contributed by atoms with E-state index in [-0.39, 0.29) is 49.2 Å². The van der Waals surface area contributed by atoms with Crippen LogP contribution in [-0.4, -0.2) is 48.7 Å². The number of ketones is 1. The van der Waals surface area contributed by atoms with E-state index < -0.39 is 23.6 Å². The molecule has 3 aromatic rings. The molecule has 2 unspecified atom stereocenters. The van der Waals surface area contributed by atoms with Crippen LogP contribution in [0.2, 0.25) is 0 Å². The standard InChI is InChI=1S/C29H25F2NO4/c30-18-9-10-25(27(31)13-18)28(33)17-11-19-14-35-15-20(12-17)32(19)29(34)36-16-26-23-7-3-1-5-21(23)22-6-2-4-8-24(22)26/h1-10,13,17,19-20,26H,11-12,14-16H2. The van der Waals surface area contributed by atoms with Gasteiger partial charge in [-0.15, -0.1) is 0 Å². The number of fused-ring (bicyclic) bond motifs is 5. The molecule has 184 valence electrons. The first-order valence-electron chi connectivity index (χ1n) is 12.2. The lowest BCUT2D eigenvalue weighted by atomic mass is 9.80. The summed E-state index contributed by atoms with van der Waals surface area (Å²) >= 11 is 0. The Hall–Kier alpha value is -3.58. The first-order chi connectivity index (χ1) is 17.5. The zero-order valence-electron chi connectivity index (χ0n) is 19.5. The lowest BCUT2D eigenvalue weighted by Gasteiger charge is -2.47. The number of rotatable bonds is 4. The van der Waals surface area contributed by atoms with Gasteiger partial charge in [-0.05, 0) is 47.2 Å². The Labute approximate surface area is 207 Å². The molecule has 6 rings (SSSR count). The smallest absolute Gasteiger partial charge is 0.410 e. The van der Waals surface area contributed by atoms with Crippen LogP contribution in [0, 0.1) is 17.6 Å². The summed E-state index contributed by atoms with van der Waals surface area (Å²) in [5.41, 5.74) is 4.48.